The highest BCUT2D eigenvalue weighted by Gasteiger charge is 2.43. The molecule has 5 heteroatoms. The number of anilines is 1. The second-order valence-corrected chi connectivity index (χ2v) is 8.48. The van der Waals surface area contributed by atoms with Gasteiger partial charge in [-0.3, -0.25) is 4.79 Å². The van der Waals surface area contributed by atoms with Gasteiger partial charge in [0.25, 0.3) is 0 Å². The minimum absolute atomic E-state index is 0.145. The molecule has 2 aromatic rings. The third kappa shape index (κ3) is 4.07. The highest BCUT2D eigenvalue weighted by Crippen LogP contribution is 2.40. The average Bonchev–Trinajstić information content (AvgIpc) is 2.96. The van der Waals surface area contributed by atoms with Gasteiger partial charge >= 0.3 is 0 Å². The van der Waals surface area contributed by atoms with E-state index in [0.717, 1.165) is 54.5 Å². The van der Waals surface area contributed by atoms with E-state index in [-0.39, 0.29) is 11.7 Å². The number of nitrogens with zero attached hydrogens (tertiary/aromatic N) is 2. The van der Waals surface area contributed by atoms with Gasteiger partial charge in [0.15, 0.2) is 0 Å². The van der Waals surface area contributed by atoms with Crippen LogP contribution in [0.4, 0.5) is 5.82 Å². The molecule has 0 radical (unpaired) electrons. The lowest BCUT2D eigenvalue weighted by Gasteiger charge is -2.28. The van der Waals surface area contributed by atoms with E-state index >= 15 is 0 Å². The van der Waals surface area contributed by atoms with Crippen LogP contribution in [0.25, 0.3) is 0 Å². The monoisotopic (exact) mass is 394 g/mol. The number of hydrogen-bond acceptors (Lipinski definition) is 5. The van der Waals surface area contributed by atoms with Crippen molar-refractivity contribution < 1.29 is 14.6 Å². The Balaban J connectivity index is 1.53. The summed E-state index contributed by atoms with van der Waals surface area (Å²) in [6, 6.07) is 10.2. The Labute approximate surface area is 172 Å². The van der Waals surface area contributed by atoms with E-state index in [1.807, 2.05) is 32.0 Å². The van der Waals surface area contributed by atoms with Crippen LogP contribution in [0.15, 0.2) is 30.3 Å². The number of aromatic nitrogens is 1. The summed E-state index contributed by atoms with van der Waals surface area (Å²) in [5, 5.41) is 10.8. The predicted molar refractivity (Wildman–Crippen MR) is 113 cm³/mol. The highest BCUT2D eigenvalue weighted by atomic mass is 16.5. The molecule has 1 aromatic heterocycles. The second-order valence-electron chi connectivity index (χ2n) is 8.48. The first-order chi connectivity index (χ1) is 13.9. The molecule has 2 heterocycles. The number of aliphatic hydroxyl groups excluding tert-OH is 1. The van der Waals surface area contributed by atoms with Crippen LogP contribution in [0.2, 0.25) is 0 Å². The summed E-state index contributed by atoms with van der Waals surface area (Å²) < 4.78 is 5.42. The molecule has 4 rings (SSSR count). The van der Waals surface area contributed by atoms with Gasteiger partial charge in [0.2, 0.25) is 0 Å². The van der Waals surface area contributed by atoms with E-state index in [1.54, 1.807) is 0 Å². The number of ether oxygens (including phenoxy) is 1. The van der Waals surface area contributed by atoms with Gasteiger partial charge in [-0.2, -0.15) is 0 Å². The maximum atomic E-state index is 13.3. The van der Waals surface area contributed by atoms with Crippen LogP contribution in [0.5, 0.6) is 0 Å². The average molecular weight is 395 g/mol. The lowest BCUT2D eigenvalue weighted by molar-refractivity contribution is -0.122. The second kappa shape index (κ2) is 8.25. The predicted octanol–water partition coefficient (Wildman–Crippen LogP) is 3.12. The maximum absolute atomic E-state index is 13.3. The van der Waals surface area contributed by atoms with Crippen molar-refractivity contribution in [3.63, 3.8) is 0 Å². The Bertz CT molecular complexity index is 882. The number of carbonyl (C=O) groups is 1. The van der Waals surface area contributed by atoms with E-state index in [4.69, 9.17) is 9.72 Å². The zero-order valence-electron chi connectivity index (χ0n) is 17.5. The third-order valence-electron chi connectivity index (χ3n) is 6.25. The van der Waals surface area contributed by atoms with E-state index in [0.29, 0.717) is 12.8 Å². The number of aliphatic hydroxyl groups is 1. The molecular formula is C24H30N2O3. The number of pyridine rings is 1. The third-order valence-corrected chi connectivity index (χ3v) is 6.25. The summed E-state index contributed by atoms with van der Waals surface area (Å²) in [6.07, 6.45) is 0.448. The molecule has 1 aliphatic heterocycles. The molecule has 1 aliphatic carbocycles. The first kappa shape index (κ1) is 20.0. The number of Topliss-reactive ketones (excluding diaryl/α,β-unsaturated/α-hetero) is 1. The fraction of sp³-hybridized carbons (Fsp3) is 0.500. The summed E-state index contributed by atoms with van der Waals surface area (Å²) in [5.74, 6) is 0.468. The van der Waals surface area contributed by atoms with Gasteiger partial charge in [0, 0.05) is 24.7 Å². The van der Waals surface area contributed by atoms with Crippen molar-refractivity contribution in [2.45, 2.75) is 45.6 Å². The Kier molecular flexibility index (Phi) is 5.70. The van der Waals surface area contributed by atoms with Crippen LogP contribution >= 0.6 is 0 Å². The SMILES string of the molecule is Cc1cc(C)c(C2C(=O)C(Cc3cccc(N4CCOCC4)n3)CC2O)c(C)c1. The highest BCUT2D eigenvalue weighted by molar-refractivity contribution is 5.91. The maximum Gasteiger partial charge on any atom is 0.146 e. The van der Waals surface area contributed by atoms with Crippen molar-refractivity contribution in [1.82, 2.24) is 4.98 Å². The summed E-state index contributed by atoms with van der Waals surface area (Å²) in [4.78, 5) is 20.3. The molecule has 5 nitrogen and oxygen atoms in total. The molecule has 0 spiro atoms. The quantitative estimate of drug-likeness (QED) is 0.863. The topological polar surface area (TPSA) is 62.7 Å². The first-order valence-corrected chi connectivity index (χ1v) is 10.5. The molecule has 3 atom stereocenters. The summed E-state index contributed by atoms with van der Waals surface area (Å²) in [5.41, 5.74) is 5.29. The van der Waals surface area contributed by atoms with Gasteiger partial charge in [-0.15, -0.1) is 0 Å². The Hall–Kier alpha value is -2.24. The normalized spacial score (nSPS) is 24.9. The zero-order chi connectivity index (χ0) is 20.5. The Morgan fingerprint density at radius 2 is 1.83 bits per heavy atom. The standard InChI is InChI=1S/C24H30N2O3/c1-15-11-16(2)22(17(3)12-15)23-20(27)14-18(24(23)28)13-19-5-4-6-21(25-19)26-7-9-29-10-8-26/h4-6,11-12,18,20,23,27H,7-10,13-14H2,1-3H3. The number of morpholine rings is 1. The van der Waals surface area contributed by atoms with Gasteiger partial charge in [0.05, 0.1) is 25.2 Å². The van der Waals surface area contributed by atoms with Crippen LogP contribution in [0.3, 0.4) is 0 Å². The Morgan fingerprint density at radius 1 is 1.14 bits per heavy atom. The van der Waals surface area contributed by atoms with Crippen molar-refractivity contribution in [3.05, 3.63) is 58.3 Å². The van der Waals surface area contributed by atoms with Crippen molar-refractivity contribution in [3.8, 4) is 0 Å². The molecule has 1 aromatic carbocycles. The molecular weight excluding hydrogens is 364 g/mol. The smallest absolute Gasteiger partial charge is 0.146 e. The number of rotatable bonds is 4. The summed E-state index contributed by atoms with van der Waals surface area (Å²) in [6.45, 7) is 9.25. The van der Waals surface area contributed by atoms with Gasteiger partial charge in [-0.1, -0.05) is 23.8 Å². The van der Waals surface area contributed by atoms with Crippen molar-refractivity contribution in [2.75, 3.05) is 31.2 Å². The molecule has 0 bridgehead atoms. The number of carbonyl (C=O) groups excluding carboxylic acids is 1. The van der Waals surface area contributed by atoms with Crippen LogP contribution in [0, 0.1) is 26.7 Å². The van der Waals surface area contributed by atoms with Crippen molar-refractivity contribution in [1.29, 1.82) is 0 Å². The van der Waals surface area contributed by atoms with E-state index in [2.05, 4.69) is 24.0 Å². The van der Waals surface area contributed by atoms with Gasteiger partial charge < -0.3 is 14.7 Å². The molecule has 1 saturated carbocycles. The molecule has 29 heavy (non-hydrogen) atoms. The number of aryl methyl sites for hydroxylation is 3. The molecule has 0 amide bonds. The lowest BCUT2D eigenvalue weighted by atomic mass is 9.85. The van der Waals surface area contributed by atoms with Crippen molar-refractivity contribution >= 4 is 11.6 Å². The van der Waals surface area contributed by atoms with Crippen LogP contribution < -0.4 is 4.90 Å². The molecule has 3 unspecified atom stereocenters. The minimum Gasteiger partial charge on any atom is -0.392 e. The molecule has 154 valence electrons. The number of ketones is 1. The molecule has 1 saturated heterocycles. The molecule has 1 N–H and O–H groups in total. The Morgan fingerprint density at radius 3 is 2.52 bits per heavy atom. The minimum atomic E-state index is -0.630. The van der Waals surface area contributed by atoms with Gasteiger partial charge in [-0.05, 0) is 62.4 Å². The summed E-state index contributed by atoms with van der Waals surface area (Å²) in [7, 11) is 0. The van der Waals surface area contributed by atoms with E-state index in [1.165, 1.54) is 5.56 Å². The zero-order valence-corrected chi connectivity index (χ0v) is 17.5. The summed E-state index contributed by atoms with van der Waals surface area (Å²) >= 11 is 0. The molecule has 2 aliphatic rings. The first-order valence-electron chi connectivity index (χ1n) is 10.5. The lowest BCUT2D eigenvalue weighted by Crippen LogP contribution is -2.36. The largest absolute Gasteiger partial charge is 0.392 e. The van der Waals surface area contributed by atoms with Crippen LogP contribution in [-0.2, 0) is 16.0 Å². The van der Waals surface area contributed by atoms with Gasteiger partial charge in [-0.25, -0.2) is 4.98 Å². The number of benzene rings is 1. The van der Waals surface area contributed by atoms with Crippen LogP contribution in [0.1, 0.15) is 40.3 Å². The van der Waals surface area contributed by atoms with Crippen molar-refractivity contribution in [2.24, 2.45) is 5.92 Å². The van der Waals surface area contributed by atoms with E-state index in [9.17, 15) is 9.90 Å². The fourth-order valence-electron chi connectivity index (χ4n) is 4.99. The van der Waals surface area contributed by atoms with Crippen LogP contribution in [-0.4, -0.2) is 48.3 Å². The van der Waals surface area contributed by atoms with E-state index < -0.39 is 12.0 Å². The fourth-order valence-corrected chi connectivity index (χ4v) is 4.99. The molecule has 2 fully saturated rings. The van der Waals surface area contributed by atoms with Gasteiger partial charge in [0.1, 0.15) is 11.6 Å². The number of hydrogen-bond donors (Lipinski definition) is 1.